The van der Waals surface area contributed by atoms with Crippen molar-refractivity contribution in [2.45, 2.75) is 18.3 Å². The minimum Gasteiger partial charge on any atom is -0.313 e. The summed E-state index contributed by atoms with van der Waals surface area (Å²) in [6.45, 7) is 0.350. The van der Waals surface area contributed by atoms with E-state index in [9.17, 15) is 17.6 Å². The van der Waals surface area contributed by atoms with Crippen LogP contribution >= 0.6 is 0 Å². The van der Waals surface area contributed by atoms with Crippen molar-refractivity contribution in [3.05, 3.63) is 35.4 Å². The van der Waals surface area contributed by atoms with E-state index in [-0.39, 0.29) is 18.5 Å². The maximum absolute atomic E-state index is 14.3. The van der Waals surface area contributed by atoms with E-state index in [1.165, 1.54) is 18.2 Å². The van der Waals surface area contributed by atoms with Gasteiger partial charge in [-0.1, -0.05) is 18.2 Å². The van der Waals surface area contributed by atoms with Crippen molar-refractivity contribution in [2.75, 3.05) is 13.1 Å². The molecule has 0 radical (unpaired) electrons. The van der Waals surface area contributed by atoms with Crippen LogP contribution in [0.2, 0.25) is 0 Å². The lowest BCUT2D eigenvalue weighted by atomic mass is 9.90. The number of nitrogens with one attached hydrogen (secondary N) is 1. The van der Waals surface area contributed by atoms with Gasteiger partial charge in [0.25, 0.3) is 0 Å². The van der Waals surface area contributed by atoms with Crippen LogP contribution in [0.4, 0.5) is 17.6 Å². The van der Waals surface area contributed by atoms with Gasteiger partial charge in [-0.05, 0) is 19.0 Å². The molecule has 1 fully saturated rings. The van der Waals surface area contributed by atoms with Gasteiger partial charge in [0.05, 0.1) is 5.56 Å². The highest BCUT2D eigenvalue weighted by Crippen LogP contribution is 2.40. The standard InChI is InChI=1S/C11H11F4N/c12-10(5-6-16-7-10)8-3-1-2-4-9(8)11(13,14)15/h1-4,16H,5-7H2/t10-/m1/s1. The van der Waals surface area contributed by atoms with Crippen LogP contribution in [0.15, 0.2) is 24.3 Å². The van der Waals surface area contributed by atoms with Gasteiger partial charge in [-0.15, -0.1) is 0 Å². The van der Waals surface area contributed by atoms with Gasteiger partial charge in [0, 0.05) is 12.1 Å². The largest absolute Gasteiger partial charge is 0.416 e. The topological polar surface area (TPSA) is 12.0 Å². The van der Waals surface area contributed by atoms with Gasteiger partial charge in [-0.25, -0.2) is 4.39 Å². The monoisotopic (exact) mass is 233 g/mol. The van der Waals surface area contributed by atoms with Gasteiger partial charge in [0.2, 0.25) is 0 Å². The predicted octanol–water partition coefficient (Wildman–Crippen LogP) is 2.86. The van der Waals surface area contributed by atoms with Crippen molar-refractivity contribution in [3.8, 4) is 0 Å². The Morgan fingerprint density at radius 2 is 1.88 bits per heavy atom. The summed E-state index contributed by atoms with van der Waals surface area (Å²) in [5, 5.41) is 2.75. The number of halogens is 4. The lowest BCUT2D eigenvalue weighted by molar-refractivity contribution is -0.139. The van der Waals surface area contributed by atoms with E-state index in [1.807, 2.05) is 0 Å². The highest BCUT2D eigenvalue weighted by Gasteiger charge is 2.43. The molecule has 1 N–H and O–H groups in total. The summed E-state index contributed by atoms with van der Waals surface area (Å²) in [4.78, 5) is 0. The molecule has 16 heavy (non-hydrogen) atoms. The molecular weight excluding hydrogens is 222 g/mol. The van der Waals surface area contributed by atoms with Crippen LogP contribution < -0.4 is 5.32 Å². The Labute approximate surface area is 90.5 Å². The van der Waals surface area contributed by atoms with Crippen LogP contribution in [-0.4, -0.2) is 13.1 Å². The Balaban J connectivity index is 2.48. The first-order valence-electron chi connectivity index (χ1n) is 5.00. The molecular formula is C11H11F4N. The summed E-state index contributed by atoms with van der Waals surface area (Å²) >= 11 is 0. The zero-order valence-electron chi connectivity index (χ0n) is 8.44. The third kappa shape index (κ3) is 1.91. The maximum atomic E-state index is 14.3. The van der Waals surface area contributed by atoms with Crippen LogP contribution in [0.3, 0.4) is 0 Å². The fourth-order valence-electron chi connectivity index (χ4n) is 2.01. The van der Waals surface area contributed by atoms with Crippen molar-refractivity contribution >= 4 is 0 Å². The highest BCUT2D eigenvalue weighted by molar-refractivity contribution is 5.35. The Bertz CT molecular complexity index is 380. The minimum atomic E-state index is -4.50. The van der Waals surface area contributed by atoms with Crippen LogP contribution in [0.25, 0.3) is 0 Å². The number of alkyl halides is 4. The van der Waals surface area contributed by atoms with Crippen LogP contribution in [-0.2, 0) is 11.8 Å². The second-order valence-corrected chi connectivity index (χ2v) is 3.94. The molecule has 1 atom stereocenters. The molecule has 1 heterocycles. The molecule has 1 nitrogen and oxygen atoms in total. The van der Waals surface area contributed by atoms with E-state index in [0.29, 0.717) is 6.54 Å². The number of benzene rings is 1. The first kappa shape index (κ1) is 11.4. The number of hydrogen-bond donors (Lipinski definition) is 1. The normalized spacial score (nSPS) is 26.0. The number of rotatable bonds is 1. The molecule has 1 aliphatic heterocycles. The Kier molecular flexibility index (Phi) is 2.66. The van der Waals surface area contributed by atoms with Crippen LogP contribution in [0, 0.1) is 0 Å². The van der Waals surface area contributed by atoms with E-state index in [1.54, 1.807) is 0 Å². The third-order valence-electron chi connectivity index (χ3n) is 2.82. The van der Waals surface area contributed by atoms with Crippen molar-refractivity contribution in [1.29, 1.82) is 0 Å². The van der Waals surface area contributed by atoms with Gasteiger partial charge in [-0.3, -0.25) is 0 Å². The molecule has 0 spiro atoms. The fourth-order valence-corrected chi connectivity index (χ4v) is 2.01. The smallest absolute Gasteiger partial charge is 0.313 e. The molecule has 0 unspecified atom stereocenters. The van der Waals surface area contributed by atoms with Gasteiger partial charge in [0.1, 0.15) is 5.67 Å². The lowest BCUT2D eigenvalue weighted by Crippen LogP contribution is -2.27. The molecule has 0 saturated carbocycles. The van der Waals surface area contributed by atoms with Crippen molar-refractivity contribution in [2.24, 2.45) is 0 Å². The van der Waals surface area contributed by atoms with Crippen LogP contribution in [0.1, 0.15) is 17.5 Å². The minimum absolute atomic E-state index is 0.0555. The summed E-state index contributed by atoms with van der Waals surface area (Å²) in [5.41, 5.74) is -3.03. The molecule has 1 aromatic rings. The van der Waals surface area contributed by atoms with Crippen molar-refractivity contribution < 1.29 is 17.6 Å². The fraction of sp³-hybridized carbons (Fsp3) is 0.455. The van der Waals surface area contributed by atoms with E-state index in [0.717, 1.165) is 6.07 Å². The number of hydrogen-bond acceptors (Lipinski definition) is 1. The summed E-state index contributed by atoms with van der Waals surface area (Å²) in [7, 11) is 0. The molecule has 5 heteroatoms. The first-order valence-corrected chi connectivity index (χ1v) is 5.00. The van der Waals surface area contributed by atoms with E-state index in [4.69, 9.17) is 0 Å². The summed E-state index contributed by atoms with van der Waals surface area (Å²) in [6, 6.07) is 4.85. The molecule has 2 rings (SSSR count). The third-order valence-corrected chi connectivity index (χ3v) is 2.82. The average Bonchev–Trinajstić information content (AvgIpc) is 2.65. The lowest BCUT2D eigenvalue weighted by Gasteiger charge is -2.23. The van der Waals surface area contributed by atoms with Crippen molar-refractivity contribution in [1.82, 2.24) is 5.32 Å². The molecule has 0 aromatic heterocycles. The Morgan fingerprint density at radius 1 is 1.19 bits per heavy atom. The average molecular weight is 233 g/mol. The quantitative estimate of drug-likeness (QED) is 0.735. The summed E-state index contributed by atoms with van der Waals surface area (Å²) in [6.07, 6.45) is -4.42. The van der Waals surface area contributed by atoms with E-state index >= 15 is 0 Å². The van der Waals surface area contributed by atoms with E-state index in [2.05, 4.69) is 5.32 Å². The molecule has 1 aliphatic rings. The summed E-state index contributed by atoms with van der Waals surface area (Å²) < 4.78 is 52.3. The predicted molar refractivity (Wildman–Crippen MR) is 51.7 cm³/mol. The Hall–Kier alpha value is -1.10. The van der Waals surface area contributed by atoms with Gasteiger partial charge < -0.3 is 5.32 Å². The maximum Gasteiger partial charge on any atom is 0.416 e. The van der Waals surface area contributed by atoms with Gasteiger partial charge in [0.15, 0.2) is 0 Å². The first-order chi connectivity index (χ1) is 7.43. The molecule has 1 aromatic carbocycles. The molecule has 0 aliphatic carbocycles. The summed E-state index contributed by atoms with van der Waals surface area (Å²) in [5.74, 6) is 0. The van der Waals surface area contributed by atoms with Gasteiger partial charge >= 0.3 is 6.18 Å². The molecule has 88 valence electrons. The molecule has 0 bridgehead atoms. The zero-order chi connectivity index (χ0) is 11.8. The zero-order valence-corrected chi connectivity index (χ0v) is 8.44. The van der Waals surface area contributed by atoms with Crippen molar-refractivity contribution in [3.63, 3.8) is 0 Å². The second-order valence-electron chi connectivity index (χ2n) is 3.94. The highest BCUT2D eigenvalue weighted by atomic mass is 19.4. The SMILES string of the molecule is FC(F)(F)c1ccccc1[C@@]1(F)CCNC1. The van der Waals surface area contributed by atoms with E-state index < -0.39 is 17.4 Å². The van der Waals surface area contributed by atoms with Crippen LogP contribution in [0.5, 0.6) is 0 Å². The second kappa shape index (κ2) is 3.73. The van der Waals surface area contributed by atoms with Gasteiger partial charge in [-0.2, -0.15) is 13.2 Å². The molecule has 1 saturated heterocycles. The molecule has 0 amide bonds. The Morgan fingerprint density at radius 3 is 2.44 bits per heavy atom.